The highest BCUT2D eigenvalue weighted by molar-refractivity contribution is 6.07. The third kappa shape index (κ3) is 2.79. The molecule has 3 aliphatic rings. The average molecular weight is 411 g/mol. The summed E-state index contributed by atoms with van der Waals surface area (Å²) < 4.78 is 29.8. The van der Waals surface area contributed by atoms with Crippen LogP contribution in [0.4, 0.5) is 8.78 Å². The molecule has 1 aliphatic heterocycles. The number of hydrogen-bond donors (Lipinski definition) is 1. The lowest BCUT2D eigenvalue weighted by Gasteiger charge is -2.50. The van der Waals surface area contributed by atoms with E-state index in [1.54, 1.807) is 19.2 Å². The van der Waals surface area contributed by atoms with E-state index in [-0.39, 0.29) is 23.0 Å². The number of carbonyl (C=O) groups is 1. The molecule has 1 unspecified atom stereocenters. The molecule has 1 saturated carbocycles. The summed E-state index contributed by atoms with van der Waals surface area (Å²) in [6.45, 7) is -2.88. The Morgan fingerprint density at radius 1 is 1.17 bits per heavy atom. The van der Waals surface area contributed by atoms with E-state index in [9.17, 15) is 13.6 Å². The molecule has 0 radical (unpaired) electrons. The Balaban J connectivity index is 1.62. The van der Waals surface area contributed by atoms with E-state index in [1.807, 2.05) is 24.3 Å². The quantitative estimate of drug-likeness (QED) is 0.829. The molecule has 0 bridgehead atoms. The minimum absolute atomic E-state index is 0.0980. The van der Waals surface area contributed by atoms with E-state index in [2.05, 4.69) is 4.74 Å². The standard InChI is InChI=1S/C23H23F2N3O2/c1-28-19(29)23(27-21(28)26)13-22(8-3-9-22)12-16-7-6-15(11-18(16)23)14-4-2-5-17(10-14)30-20(24)25/h2,4-7,10-11,20H,3,8-9,12-13H2,1H3,(H2,26,27). The van der Waals surface area contributed by atoms with Crippen LogP contribution in [0.15, 0.2) is 47.5 Å². The van der Waals surface area contributed by atoms with Crippen molar-refractivity contribution in [2.45, 2.75) is 44.3 Å². The maximum absolute atomic E-state index is 13.3. The first kappa shape index (κ1) is 19.0. The predicted octanol–water partition coefficient (Wildman–Crippen LogP) is 4.05. The maximum Gasteiger partial charge on any atom is 0.387 e. The van der Waals surface area contributed by atoms with Crippen molar-refractivity contribution in [1.82, 2.24) is 4.90 Å². The summed E-state index contributed by atoms with van der Waals surface area (Å²) >= 11 is 0. The molecule has 2 aromatic carbocycles. The zero-order valence-electron chi connectivity index (χ0n) is 16.7. The second kappa shape index (κ2) is 6.52. The van der Waals surface area contributed by atoms with Crippen molar-refractivity contribution in [3.63, 3.8) is 0 Å². The third-order valence-electron chi connectivity index (χ3n) is 6.87. The topological polar surface area (TPSA) is 67.9 Å². The lowest BCUT2D eigenvalue weighted by Crippen LogP contribution is -2.49. The number of nitrogens with zero attached hydrogens (tertiary/aromatic N) is 2. The minimum atomic E-state index is -2.88. The summed E-state index contributed by atoms with van der Waals surface area (Å²) in [5, 5.41) is 0. The molecular weight excluding hydrogens is 388 g/mol. The van der Waals surface area contributed by atoms with Crippen molar-refractivity contribution in [1.29, 1.82) is 0 Å². The molecule has 5 nitrogen and oxygen atoms in total. The number of carbonyl (C=O) groups excluding carboxylic acids is 1. The fraction of sp³-hybridized carbons (Fsp3) is 0.391. The van der Waals surface area contributed by atoms with Crippen LogP contribution in [0.25, 0.3) is 11.1 Å². The van der Waals surface area contributed by atoms with Gasteiger partial charge in [0.15, 0.2) is 11.5 Å². The lowest BCUT2D eigenvalue weighted by atomic mass is 9.55. The Morgan fingerprint density at radius 3 is 2.57 bits per heavy atom. The third-order valence-corrected chi connectivity index (χ3v) is 6.87. The summed E-state index contributed by atoms with van der Waals surface area (Å²) in [5.41, 5.74) is 8.72. The number of amides is 1. The lowest BCUT2D eigenvalue weighted by molar-refractivity contribution is -0.133. The first-order valence-electron chi connectivity index (χ1n) is 10.1. The minimum Gasteiger partial charge on any atom is -0.435 e. The van der Waals surface area contributed by atoms with Crippen LogP contribution in [0, 0.1) is 5.41 Å². The monoisotopic (exact) mass is 411 g/mol. The predicted molar refractivity (Wildman–Crippen MR) is 109 cm³/mol. The number of nitrogens with two attached hydrogens (primary N) is 1. The van der Waals surface area contributed by atoms with Crippen molar-refractivity contribution in [2.75, 3.05) is 7.05 Å². The van der Waals surface area contributed by atoms with Gasteiger partial charge >= 0.3 is 6.61 Å². The Kier molecular flexibility index (Phi) is 4.14. The number of likely N-dealkylation sites (N-methyl/N-ethyl adjacent to an activating group) is 1. The van der Waals surface area contributed by atoms with E-state index in [0.29, 0.717) is 6.42 Å². The Hall–Kier alpha value is -2.96. The van der Waals surface area contributed by atoms with Gasteiger partial charge in [-0.15, -0.1) is 0 Å². The highest BCUT2D eigenvalue weighted by Gasteiger charge is 2.57. The van der Waals surface area contributed by atoms with Crippen LogP contribution in [-0.4, -0.2) is 30.4 Å². The second-order valence-electron chi connectivity index (χ2n) is 8.68. The molecule has 2 N–H and O–H groups in total. The van der Waals surface area contributed by atoms with Crippen molar-refractivity contribution in [3.8, 4) is 16.9 Å². The van der Waals surface area contributed by atoms with Gasteiger partial charge in [-0.3, -0.25) is 9.69 Å². The van der Waals surface area contributed by atoms with Gasteiger partial charge in [0, 0.05) is 7.05 Å². The molecule has 0 aromatic heterocycles. The van der Waals surface area contributed by atoms with Crippen LogP contribution in [0.3, 0.4) is 0 Å². The molecular formula is C23H23F2N3O2. The SMILES string of the molecule is CN1C(=O)C2(CC3(CCC3)Cc3ccc(-c4cccc(OC(F)F)c4)cc32)N=C1N. The van der Waals surface area contributed by atoms with E-state index >= 15 is 0 Å². The van der Waals surface area contributed by atoms with Gasteiger partial charge in [0.05, 0.1) is 0 Å². The number of fused-ring (bicyclic) bond motifs is 2. The largest absolute Gasteiger partial charge is 0.435 e. The molecule has 30 heavy (non-hydrogen) atoms. The van der Waals surface area contributed by atoms with Crippen LogP contribution in [0.2, 0.25) is 0 Å². The Labute approximate surface area is 173 Å². The van der Waals surface area contributed by atoms with Crippen molar-refractivity contribution >= 4 is 11.9 Å². The van der Waals surface area contributed by atoms with Crippen molar-refractivity contribution < 1.29 is 18.3 Å². The van der Waals surface area contributed by atoms with E-state index in [4.69, 9.17) is 10.7 Å². The van der Waals surface area contributed by atoms with Crippen LogP contribution >= 0.6 is 0 Å². The van der Waals surface area contributed by atoms with Crippen molar-refractivity contribution in [3.05, 3.63) is 53.6 Å². The summed E-state index contributed by atoms with van der Waals surface area (Å²) in [4.78, 5) is 19.5. The number of guanidine groups is 1. The molecule has 2 aromatic rings. The molecule has 1 fully saturated rings. The number of ether oxygens (including phenoxy) is 1. The fourth-order valence-corrected chi connectivity index (χ4v) is 5.27. The molecule has 1 atom stereocenters. The van der Waals surface area contributed by atoms with E-state index in [1.165, 1.54) is 17.4 Å². The Bertz CT molecular complexity index is 1060. The fourth-order valence-electron chi connectivity index (χ4n) is 5.27. The highest BCUT2D eigenvalue weighted by atomic mass is 19.3. The summed E-state index contributed by atoms with van der Waals surface area (Å²) in [7, 11) is 1.66. The van der Waals surface area contributed by atoms with Gasteiger partial charge in [0.25, 0.3) is 5.91 Å². The highest BCUT2D eigenvalue weighted by Crippen LogP contribution is 2.58. The van der Waals surface area contributed by atoms with Crippen LogP contribution in [0.5, 0.6) is 5.75 Å². The number of benzene rings is 2. The maximum atomic E-state index is 13.3. The first-order valence-corrected chi connectivity index (χ1v) is 10.1. The second-order valence-corrected chi connectivity index (χ2v) is 8.68. The molecule has 2 aliphatic carbocycles. The van der Waals surface area contributed by atoms with Gasteiger partial charge in [-0.05, 0) is 71.6 Å². The van der Waals surface area contributed by atoms with E-state index in [0.717, 1.165) is 41.5 Å². The summed E-state index contributed by atoms with van der Waals surface area (Å²) in [5.74, 6) is 0.238. The molecule has 1 amide bonds. The van der Waals surface area contributed by atoms with Gasteiger partial charge in [-0.25, -0.2) is 4.99 Å². The van der Waals surface area contributed by atoms with Crippen molar-refractivity contribution in [2.24, 2.45) is 16.1 Å². The molecule has 0 saturated heterocycles. The Morgan fingerprint density at radius 2 is 1.93 bits per heavy atom. The zero-order chi connectivity index (χ0) is 21.1. The molecule has 1 heterocycles. The van der Waals surface area contributed by atoms with E-state index < -0.39 is 12.2 Å². The number of halogens is 2. The zero-order valence-corrected chi connectivity index (χ0v) is 16.7. The van der Waals surface area contributed by atoms with Crippen LogP contribution in [0.1, 0.15) is 36.8 Å². The average Bonchev–Trinajstić information content (AvgIpc) is 2.90. The van der Waals surface area contributed by atoms with Gasteiger partial charge in [-0.2, -0.15) is 8.78 Å². The number of alkyl halides is 2. The number of rotatable bonds is 3. The molecule has 2 spiro atoms. The summed E-state index contributed by atoms with van der Waals surface area (Å²) in [6.07, 6.45) is 4.94. The number of aliphatic imine (C=N–C) groups is 1. The smallest absolute Gasteiger partial charge is 0.387 e. The molecule has 7 heteroatoms. The first-order chi connectivity index (χ1) is 14.3. The van der Waals surface area contributed by atoms with Crippen LogP contribution in [-0.2, 0) is 16.8 Å². The number of hydrogen-bond acceptors (Lipinski definition) is 4. The molecule has 5 rings (SSSR count). The normalized spacial score (nSPS) is 24.2. The van der Waals surface area contributed by atoms with Gasteiger partial charge in [0.1, 0.15) is 5.75 Å². The summed E-state index contributed by atoms with van der Waals surface area (Å²) in [6, 6.07) is 12.6. The molecule has 156 valence electrons. The van der Waals surface area contributed by atoms with Gasteiger partial charge in [0.2, 0.25) is 0 Å². The van der Waals surface area contributed by atoms with Gasteiger partial charge < -0.3 is 10.5 Å². The van der Waals surface area contributed by atoms with Crippen LogP contribution < -0.4 is 10.5 Å². The van der Waals surface area contributed by atoms with Gasteiger partial charge in [-0.1, -0.05) is 30.7 Å².